The average Bonchev–Trinajstić information content (AvgIpc) is 3.55. The smallest absolute Gasteiger partial charge is 0.246 e. The van der Waals surface area contributed by atoms with Gasteiger partial charge in [0.1, 0.15) is 0 Å². The van der Waals surface area contributed by atoms with Crippen LogP contribution in [0.2, 0.25) is 0 Å². The fourth-order valence-corrected chi connectivity index (χ4v) is 10.5. The molecule has 2 aliphatic heterocycles. The monoisotopic (exact) mass is 510 g/mol. The van der Waals surface area contributed by atoms with E-state index in [4.69, 9.17) is 4.84 Å². The average molecular weight is 511 g/mol. The summed E-state index contributed by atoms with van der Waals surface area (Å²) in [4.78, 5) is 21.5. The van der Waals surface area contributed by atoms with Crippen LogP contribution in [-0.2, 0) is 9.63 Å². The zero-order chi connectivity index (χ0) is 25.9. The van der Waals surface area contributed by atoms with Crippen LogP contribution < -0.4 is 0 Å². The number of aliphatic hydroxyl groups is 1. The van der Waals surface area contributed by atoms with Crippen LogP contribution in [0.3, 0.4) is 0 Å². The molecule has 1 amide bonds. The van der Waals surface area contributed by atoms with Crippen molar-refractivity contribution < 1.29 is 14.7 Å². The van der Waals surface area contributed by atoms with E-state index in [-0.39, 0.29) is 18.1 Å². The minimum Gasteiger partial charge on any atom is -0.393 e. The topological polar surface area (TPSA) is 53.0 Å². The van der Waals surface area contributed by atoms with Crippen molar-refractivity contribution >= 4 is 5.91 Å². The van der Waals surface area contributed by atoms with Crippen LogP contribution in [0.1, 0.15) is 85.0 Å². The van der Waals surface area contributed by atoms with Crippen LogP contribution >= 0.6 is 0 Å². The molecule has 2 heterocycles. The number of fused-ring (bicyclic) bond motifs is 6. The van der Waals surface area contributed by atoms with Crippen LogP contribution in [0.15, 0.2) is 24.3 Å². The molecule has 5 nitrogen and oxygen atoms in total. The van der Waals surface area contributed by atoms with Gasteiger partial charge in [0.15, 0.2) is 0 Å². The third-order valence-electron chi connectivity index (χ3n) is 12.5. The maximum absolute atomic E-state index is 13.3. The van der Waals surface area contributed by atoms with Gasteiger partial charge in [-0.1, -0.05) is 38.5 Å². The predicted molar refractivity (Wildman–Crippen MR) is 146 cm³/mol. The minimum atomic E-state index is -0.124. The second-order valence-electron chi connectivity index (χ2n) is 14.3. The summed E-state index contributed by atoms with van der Waals surface area (Å²) < 4.78 is 0. The molecule has 2 saturated heterocycles. The number of amides is 1. The summed E-state index contributed by atoms with van der Waals surface area (Å²) in [5, 5.41) is 12.0. The van der Waals surface area contributed by atoms with E-state index in [0.717, 1.165) is 69.0 Å². The van der Waals surface area contributed by atoms with Gasteiger partial charge in [0.2, 0.25) is 5.91 Å². The SMILES string of the molecule is C=CCN1C[C@@H]2CON(C(=O)CC[C@@H](C)[C@H]3CC[C@H]4[C@@H]5CC=C6C[C@@H](O)CC[C@]6(C)[C@H]5CC[C@]34C)[C@@H]2C1. The summed E-state index contributed by atoms with van der Waals surface area (Å²) in [5.41, 5.74) is 2.29. The maximum atomic E-state index is 13.3. The standard InChI is InChI=1S/C32H50N2O3/c1-5-16-33-18-22-20-37-34(29(22)19-33)30(36)11-6-21(2)26-9-10-27-25-8-7-23-17-24(35)12-14-31(23,3)28(25)13-15-32(26,27)4/h5,7,21-22,24-29,35H,1,6,8-20H2,2-4H3/t21-,22-,24+,25+,26-,27+,28+,29-,31+,32-/m1/s1. The third kappa shape index (κ3) is 4.26. The van der Waals surface area contributed by atoms with Crippen molar-refractivity contribution in [1.82, 2.24) is 9.96 Å². The minimum absolute atomic E-state index is 0.124. The Kier molecular flexibility index (Phi) is 6.89. The Morgan fingerprint density at radius 2 is 2.05 bits per heavy atom. The normalized spacial score (nSPS) is 46.0. The summed E-state index contributed by atoms with van der Waals surface area (Å²) in [6.07, 6.45) is 15.6. The number of likely N-dealkylation sites (tertiary alicyclic amines) is 1. The second-order valence-corrected chi connectivity index (χ2v) is 14.3. The Hall–Kier alpha value is -1.17. The lowest BCUT2D eigenvalue weighted by atomic mass is 9.47. The van der Waals surface area contributed by atoms with E-state index in [1.54, 1.807) is 10.6 Å². The molecule has 6 aliphatic rings. The van der Waals surface area contributed by atoms with Gasteiger partial charge in [0, 0.05) is 32.0 Å². The van der Waals surface area contributed by atoms with Crippen molar-refractivity contribution in [3.8, 4) is 0 Å². The van der Waals surface area contributed by atoms with E-state index in [1.807, 2.05) is 6.08 Å². The van der Waals surface area contributed by atoms with Gasteiger partial charge in [0.25, 0.3) is 0 Å². The fourth-order valence-electron chi connectivity index (χ4n) is 10.5. The van der Waals surface area contributed by atoms with Gasteiger partial charge in [-0.2, -0.15) is 0 Å². The molecule has 0 radical (unpaired) electrons. The molecule has 5 heteroatoms. The second kappa shape index (κ2) is 9.78. The van der Waals surface area contributed by atoms with Crippen molar-refractivity contribution in [3.05, 3.63) is 24.3 Å². The van der Waals surface area contributed by atoms with Gasteiger partial charge in [0.05, 0.1) is 18.8 Å². The van der Waals surface area contributed by atoms with Crippen molar-refractivity contribution in [2.24, 2.45) is 46.3 Å². The molecule has 0 bridgehead atoms. The molecule has 1 N–H and O–H groups in total. The third-order valence-corrected chi connectivity index (χ3v) is 12.5. The van der Waals surface area contributed by atoms with Crippen LogP contribution in [0, 0.1) is 46.3 Å². The molecule has 10 atom stereocenters. The summed E-state index contributed by atoms with van der Waals surface area (Å²) in [6.45, 7) is 14.9. The Labute approximate surface area is 224 Å². The largest absolute Gasteiger partial charge is 0.393 e. The van der Waals surface area contributed by atoms with Crippen molar-refractivity contribution in [3.63, 3.8) is 0 Å². The number of hydrogen-bond acceptors (Lipinski definition) is 4. The highest BCUT2D eigenvalue weighted by Crippen LogP contribution is 2.67. The number of carbonyl (C=O) groups is 1. The van der Waals surface area contributed by atoms with Gasteiger partial charge in [-0.3, -0.25) is 14.5 Å². The van der Waals surface area contributed by atoms with Gasteiger partial charge in [-0.15, -0.1) is 6.58 Å². The fraction of sp³-hybridized carbons (Fsp3) is 0.844. The van der Waals surface area contributed by atoms with Crippen molar-refractivity contribution in [1.29, 1.82) is 0 Å². The molecule has 0 unspecified atom stereocenters. The van der Waals surface area contributed by atoms with Crippen LogP contribution in [0.5, 0.6) is 0 Å². The lowest BCUT2D eigenvalue weighted by Gasteiger charge is -2.58. The zero-order valence-corrected chi connectivity index (χ0v) is 23.5. The van der Waals surface area contributed by atoms with Crippen LogP contribution in [0.4, 0.5) is 0 Å². The summed E-state index contributed by atoms with van der Waals surface area (Å²) in [5.74, 6) is 4.35. The van der Waals surface area contributed by atoms with Gasteiger partial charge >= 0.3 is 0 Å². The first kappa shape index (κ1) is 26.1. The number of carbonyl (C=O) groups excluding carboxylic acids is 1. The Balaban J connectivity index is 1.08. The van der Waals surface area contributed by atoms with E-state index in [9.17, 15) is 9.90 Å². The van der Waals surface area contributed by atoms with E-state index in [2.05, 4.69) is 38.3 Å². The quantitative estimate of drug-likeness (QED) is 0.473. The van der Waals surface area contributed by atoms with Crippen LogP contribution in [0.25, 0.3) is 0 Å². The first-order chi connectivity index (χ1) is 17.7. The highest BCUT2D eigenvalue weighted by atomic mass is 16.7. The number of nitrogens with zero attached hydrogens (tertiary/aromatic N) is 2. The summed E-state index contributed by atoms with van der Waals surface area (Å²) in [7, 11) is 0. The Morgan fingerprint density at radius 1 is 1.22 bits per heavy atom. The number of aliphatic hydroxyl groups excluding tert-OH is 1. The first-order valence-electron chi connectivity index (χ1n) is 15.4. The number of hydroxylamine groups is 2. The Morgan fingerprint density at radius 3 is 2.86 bits per heavy atom. The first-order valence-corrected chi connectivity index (χ1v) is 15.4. The van der Waals surface area contributed by atoms with E-state index >= 15 is 0 Å². The Bertz CT molecular complexity index is 933. The maximum Gasteiger partial charge on any atom is 0.246 e. The predicted octanol–water partition coefficient (Wildman–Crippen LogP) is 5.60. The van der Waals surface area contributed by atoms with Crippen molar-refractivity contribution in [2.75, 3.05) is 26.2 Å². The molecule has 5 fully saturated rings. The molecule has 37 heavy (non-hydrogen) atoms. The molecule has 0 aromatic carbocycles. The molecule has 0 aromatic heterocycles. The van der Waals surface area contributed by atoms with E-state index in [1.165, 1.54) is 32.1 Å². The molecule has 3 saturated carbocycles. The molecule has 0 spiro atoms. The number of hydrogen-bond donors (Lipinski definition) is 1. The van der Waals surface area contributed by atoms with Gasteiger partial charge < -0.3 is 5.11 Å². The molecule has 0 aromatic rings. The van der Waals surface area contributed by atoms with Gasteiger partial charge in [-0.25, -0.2) is 5.06 Å². The summed E-state index contributed by atoms with van der Waals surface area (Å²) >= 11 is 0. The lowest BCUT2D eigenvalue weighted by molar-refractivity contribution is -0.177. The van der Waals surface area contributed by atoms with Crippen molar-refractivity contribution in [2.45, 2.75) is 97.1 Å². The number of allylic oxidation sites excluding steroid dienone is 1. The molecule has 6 rings (SSSR count). The zero-order valence-electron chi connectivity index (χ0n) is 23.5. The molecular formula is C32H50N2O3. The molecule has 206 valence electrons. The lowest BCUT2D eigenvalue weighted by Crippen LogP contribution is -2.50. The van der Waals surface area contributed by atoms with Gasteiger partial charge in [-0.05, 0) is 98.2 Å². The van der Waals surface area contributed by atoms with E-state index in [0.29, 0.717) is 35.7 Å². The summed E-state index contributed by atoms with van der Waals surface area (Å²) in [6, 6.07) is 0.220. The van der Waals surface area contributed by atoms with E-state index < -0.39 is 0 Å². The number of rotatable bonds is 6. The highest BCUT2D eigenvalue weighted by molar-refractivity contribution is 5.75. The molecular weight excluding hydrogens is 460 g/mol. The van der Waals surface area contributed by atoms with Crippen LogP contribution in [-0.4, -0.2) is 59.4 Å². The molecule has 4 aliphatic carbocycles. The highest BCUT2D eigenvalue weighted by Gasteiger charge is 2.59.